The number of hydrogen-bond acceptors (Lipinski definition) is 3. The molecule has 0 saturated carbocycles. The lowest BCUT2D eigenvalue weighted by Gasteiger charge is -2.12. The zero-order valence-electron chi connectivity index (χ0n) is 10.4. The predicted octanol–water partition coefficient (Wildman–Crippen LogP) is 2.18. The minimum Gasteiger partial charge on any atom is -0.492 e. The molecule has 19 heavy (non-hydrogen) atoms. The zero-order valence-corrected chi connectivity index (χ0v) is 10.4. The van der Waals surface area contributed by atoms with Gasteiger partial charge in [-0.25, -0.2) is 0 Å². The van der Waals surface area contributed by atoms with Gasteiger partial charge in [0.2, 0.25) is 5.91 Å². The minimum atomic E-state index is -4.33. The van der Waals surface area contributed by atoms with E-state index >= 15 is 0 Å². The van der Waals surface area contributed by atoms with Crippen LogP contribution in [0.1, 0.15) is 6.92 Å². The molecule has 0 aliphatic heterocycles. The van der Waals surface area contributed by atoms with Gasteiger partial charge in [0, 0.05) is 0 Å². The Morgan fingerprint density at radius 3 is 2.63 bits per heavy atom. The first-order valence-electron chi connectivity index (χ1n) is 5.71. The molecule has 0 saturated heterocycles. The topological polar surface area (TPSA) is 50.4 Å². The Labute approximate surface area is 108 Å². The van der Waals surface area contributed by atoms with Crippen LogP contribution in [0.5, 0.6) is 5.75 Å². The van der Waals surface area contributed by atoms with E-state index in [9.17, 15) is 18.0 Å². The lowest BCUT2D eigenvalue weighted by Crippen LogP contribution is -2.35. The van der Waals surface area contributed by atoms with Crippen LogP contribution < -0.4 is 15.4 Å². The highest BCUT2D eigenvalue weighted by atomic mass is 19.4. The van der Waals surface area contributed by atoms with Crippen LogP contribution >= 0.6 is 0 Å². The summed E-state index contributed by atoms with van der Waals surface area (Å²) in [6.45, 7) is 0.607. The molecule has 1 amide bonds. The normalized spacial score (nSPS) is 11.2. The van der Waals surface area contributed by atoms with E-state index in [1.54, 1.807) is 31.2 Å². The maximum absolute atomic E-state index is 11.9. The number of anilines is 1. The smallest absolute Gasteiger partial charge is 0.401 e. The first kappa shape index (κ1) is 15.3. The fraction of sp³-hybridized carbons (Fsp3) is 0.417. The first-order chi connectivity index (χ1) is 8.92. The molecule has 0 heterocycles. The number of nitrogens with one attached hydrogen (secondary N) is 2. The highest BCUT2D eigenvalue weighted by molar-refractivity contribution is 5.93. The number of para-hydroxylation sites is 2. The van der Waals surface area contributed by atoms with Gasteiger partial charge in [-0.1, -0.05) is 12.1 Å². The Hall–Kier alpha value is -1.76. The summed E-state index contributed by atoms with van der Waals surface area (Å²) in [6.07, 6.45) is -4.33. The lowest BCUT2D eigenvalue weighted by atomic mass is 10.3. The SMILES string of the molecule is CCOc1ccccc1NC(=O)CNCC(F)(F)F. The highest BCUT2D eigenvalue weighted by Crippen LogP contribution is 2.23. The molecule has 4 nitrogen and oxygen atoms in total. The van der Waals surface area contributed by atoms with E-state index in [-0.39, 0.29) is 0 Å². The number of amides is 1. The molecule has 0 bridgehead atoms. The van der Waals surface area contributed by atoms with Gasteiger partial charge in [0.15, 0.2) is 0 Å². The Bertz CT molecular complexity index is 422. The van der Waals surface area contributed by atoms with Crippen LogP contribution in [0.15, 0.2) is 24.3 Å². The van der Waals surface area contributed by atoms with E-state index in [2.05, 4.69) is 5.32 Å². The number of halogens is 3. The Morgan fingerprint density at radius 1 is 1.32 bits per heavy atom. The van der Waals surface area contributed by atoms with Crippen LogP contribution in [0.4, 0.5) is 18.9 Å². The van der Waals surface area contributed by atoms with Crippen LogP contribution in [0.3, 0.4) is 0 Å². The summed E-state index contributed by atoms with van der Waals surface area (Å²) in [5, 5.41) is 4.51. The quantitative estimate of drug-likeness (QED) is 0.837. The number of carbonyl (C=O) groups excluding carboxylic acids is 1. The summed E-state index contributed by atoms with van der Waals surface area (Å²) < 4.78 is 40.9. The number of hydrogen-bond donors (Lipinski definition) is 2. The molecule has 0 atom stereocenters. The van der Waals surface area contributed by atoms with Crippen molar-refractivity contribution in [3.8, 4) is 5.75 Å². The van der Waals surface area contributed by atoms with Crippen LogP contribution in [0.2, 0.25) is 0 Å². The summed E-state index contributed by atoms with van der Waals surface area (Å²) in [5.41, 5.74) is 0.433. The maximum Gasteiger partial charge on any atom is 0.401 e. The summed E-state index contributed by atoms with van der Waals surface area (Å²) >= 11 is 0. The van der Waals surface area contributed by atoms with Crippen molar-refractivity contribution in [2.24, 2.45) is 0 Å². The highest BCUT2D eigenvalue weighted by Gasteiger charge is 2.26. The lowest BCUT2D eigenvalue weighted by molar-refractivity contribution is -0.126. The fourth-order valence-electron chi connectivity index (χ4n) is 1.36. The van der Waals surface area contributed by atoms with Crippen LogP contribution in [-0.4, -0.2) is 31.8 Å². The minimum absolute atomic E-state index is 0.417. The molecule has 0 radical (unpaired) electrons. The van der Waals surface area contributed by atoms with E-state index in [0.29, 0.717) is 18.0 Å². The molecule has 0 fully saturated rings. The molecule has 0 aromatic heterocycles. The molecule has 0 spiro atoms. The van der Waals surface area contributed by atoms with Crippen molar-refractivity contribution < 1.29 is 22.7 Å². The van der Waals surface area contributed by atoms with Crippen LogP contribution in [-0.2, 0) is 4.79 Å². The standard InChI is InChI=1S/C12H15F3N2O2/c1-2-19-10-6-4-3-5-9(10)17-11(18)7-16-8-12(13,14)15/h3-6,16H,2,7-8H2,1H3,(H,17,18). The molecule has 0 aliphatic carbocycles. The third kappa shape index (κ3) is 6.10. The average molecular weight is 276 g/mol. The Kier molecular flexibility index (Phi) is 5.62. The van der Waals surface area contributed by atoms with Crippen LogP contribution in [0, 0.1) is 0 Å². The van der Waals surface area contributed by atoms with Gasteiger partial charge in [0.1, 0.15) is 5.75 Å². The summed E-state index contributed by atoms with van der Waals surface area (Å²) in [6, 6.07) is 6.72. The third-order valence-electron chi connectivity index (χ3n) is 2.07. The van der Waals surface area contributed by atoms with Gasteiger partial charge >= 0.3 is 6.18 Å². The summed E-state index contributed by atoms with van der Waals surface area (Å²) in [7, 11) is 0. The van der Waals surface area contributed by atoms with Crippen LogP contribution in [0.25, 0.3) is 0 Å². The predicted molar refractivity (Wildman–Crippen MR) is 65.2 cm³/mol. The fourth-order valence-corrected chi connectivity index (χ4v) is 1.36. The van der Waals surface area contributed by atoms with Gasteiger partial charge in [-0.3, -0.25) is 4.79 Å². The number of rotatable bonds is 6. The van der Waals surface area contributed by atoms with Crippen molar-refractivity contribution in [3.63, 3.8) is 0 Å². The second kappa shape index (κ2) is 6.98. The maximum atomic E-state index is 11.9. The molecule has 0 aliphatic rings. The van der Waals surface area contributed by atoms with Crippen molar-refractivity contribution >= 4 is 11.6 Å². The van der Waals surface area contributed by atoms with E-state index in [0.717, 1.165) is 0 Å². The van der Waals surface area contributed by atoms with Crippen molar-refractivity contribution in [2.45, 2.75) is 13.1 Å². The van der Waals surface area contributed by atoms with Gasteiger partial charge in [0.25, 0.3) is 0 Å². The Balaban J connectivity index is 2.48. The summed E-state index contributed by atoms with van der Waals surface area (Å²) in [5.74, 6) is -0.0782. The van der Waals surface area contributed by atoms with Crippen molar-refractivity contribution in [1.29, 1.82) is 0 Å². The molecular formula is C12H15F3N2O2. The Morgan fingerprint density at radius 2 is 2.00 bits per heavy atom. The van der Waals surface area contributed by atoms with E-state index in [1.807, 2.05) is 5.32 Å². The molecule has 1 aromatic carbocycles. The second-order valence-electron chi connectivity index (χ2n) is 3.70. The molecule has 1 rings (SSSR count). The van der Waals surface area contributed by atoms with Gasteiger partial charge in [-0.15, -0.1) is 0 Å². The largest absolute Gasteiger partial charge is 0.492 e. The number of carbonyl (C=O) groups is 1. The van der Waals surface area contributed by atoms with Crippen molar-refractivity contribution in [3.05, 3.63) is 24.3 Å². The molecule has 0 unspecified atom stereocenters. The van der Waals surface area contributed by atoms with Gasteiger partial charge in [0.05, 0.1) is 25.4 Å². The average Bonchev–Trinajstić information content (AvgIpc) is 2.30. The molecule has 2 N–H and O–H groups in total. The number of benzene rings is 1. The monoisotopic (exact) mass is 276 g/mol. The third-order valence-corrected chi connectivity index (χ3v) is 2.07. The number of ether oxygens (including phenoxy) is 1. The van der Waals surface area contributed by atoms with E-state index in [1.165, 1.54) is 0 Å². The van der Waals surface area contributed by atoms with Gasteiger partial charge in [-0.2, -0.15) is 13.2 Å². The van der Waals surface area contributed by atoms with Crippen molar-refractivity contribution in [2.75, 3.05) is 25.0 Å². The molecule has 106 valence electrons. The van der Waals surface area contributed by atoms with E-state index in [4.69, 9.17) is 4.74 Å². The first-order valence-corrected chi connectivity index (χ1v) is 5.71. The zero-order chi connectivity index (χ0) is 14.3. The second-order valence-corrected chi connectivity index (χ2v) is 3.70. The van der Waals surface area contributed by atoms with E-state index < -0.39 is 25.2 Å². The molecule has 7 heteroatoms. The van der Waals surface area contributed by atoms with Gasteiger partial charge in [-0.05, 0) is 19.1 Å². The van der Waals surface area contributed by atoms with Gasteiger partial charge < -0.3 is 15.4 Å². The molecule has 1 aromatic rings. The van der Waals surface area contributed by atoms with Crippen molar-refractivity contribution in [1.82, 2.24) is 5.32 Å². The molecular weight excluding hydrogens is 261 g/mol. The number of alkyl halides is 3. The summed E-state index contributed by atoms with van der Waals surface area (Å²) in [4.78, 5) is 11.5.